The van der Waals surface area contributed by atoms with Crippen molar-refractivity contribution in [1.82, 2.24) is 9.78 Å². The van der Waals surface area contributed by atoms with Gasteiger partial charge in [-0.25, -0.2) is 4.68 Å². The number of carbonyl (C=O) groups excluding carboxylic acids is 1. The lowest BCUT2D eigenvalue weighted by atomic mass is 10.2. The highest BCUT2D eigenvalue weighted by molar-refractivity contribution is 6.42. The standard InChI is InChI=1S/C17H21Cl2N3O3/c1-3-24-9-10-25-12(2)17(23)21-15-7-8-20-22(15)11-13-5-4-6-14(18)16(13)19/h4-8,12H,3,9-11H2,1-2H3,(H,21,23)/t12-/m0/s1. The number of carbonyl (C=O) groups is 1. The van der Waals surface area contributed by atoms with Crippen molar-refractivity contribution in [3.05, 3.63) is 46.1 Å². The Labute approximate surface area is 157 Å². The van der Waals surface area contributed by atoms with E-state index in [4.69, 9.17) is 32.7 Å². The molecule has 0 saturated heterocycles. The molecule has 1 aromatic heterocycles. The number of rotatable bonds is 9. The van der Waals surface area contributed by atoms with E-state index in [0.29, 0.717) is 42.2 Å². The third-order valence-corrected chi connectivity index (χ3v) is 4.35. The molecular weight excluding hydrogens is 365 g/mol. The van der Waals surface area contributed by atoms with E-state index in [1.54, 1.807) is 29.9 Å². The quantitative estimate of drug-likeness (QED) is 0.669. The Hall–Kier alpha value is -1.60. The first-order valence-corrected chi connectivity index (χ1v) is 8.73. The van der Waals surface area contributed by atoms with E-state index in [2.05, 4.69) is 10.4 Å². The van der Waals surface area contributed by atoms with Gasteiger partial charge in [0.2, 0.25) is 0 Å². The minimum atomic E-state index is -0.599. The molecule has 136 valence electrons. The van der Waals surface area contributed by atoms with Gasteiger partial charge in [-0.2, -0.15) is 5.10 Å². The van der Waals surface area contributed by atoms with E-state index < -0.39 is 6.10 Å². The van der Waals surface area contributed by atoms with E-state index >= 15 is 0 Å². The molecule has 2 aromatic rings. The van der Waals surface area contributed by atoms with E-state index in [0.717, 1.165) is 5.56 Å². The lowest BCUT2D eigenvalue weighted by molar-refractivity contribution is -0.127. The van der Waals surface area contributed by atoms with Crippen LogP contribution in [-0.2, 0) is 20.8 Å². The van der Waals surface area contributed by atoms with Crippen LogP contribution in [0.25, 0.3) is 0 Å². The fourth-order valence-electron chi connectivity index (χ4n) is 2.13. The molecule has 0 radical (unpaired) electrons. The van der Waals surface area contributed by atoms with Crippen LogP contribution in [-0.4, -0.2) is 41.6 Å². The number of hydrogen-bond acceptors (Lipinski definition) is 4. The van der Waals surface area contributed by atoms with Crippen LogP contribution in [0.1, 0.15) is 19.4 Å². The lowest BCUT2D eigenvalue weighted by Crippen LogP contribution is -2.30. The molecule has 1 atom stereocenters. The highest BCUT2D eigenvalue weighted by Crippen LogP contribution is 2.26. The summed E-state index contributed by atoms with van der Waals surface area (Å²) in [5.41, 5.74) is 0.814. The summed E-state index contributed by atoms with van der Waals surface area (Å²) in [6, 6.07) is 7.12. The second kappa shape index (κ2) is 9.77. The minimum Gasteiger partial charge on any atom is -0.379 e. The van der Waals surface area contributed by atoms with Crippen LogP contribution in [0.3, 0.4) is 0 Å². The number of nitrogens with one attached hydrogen (secondary N) is 1. The number of halogens is 2. The van der Waals surface area contributed by atoms with Crippen LogP contribution in [0, 0.1) is 0 Å². The molecule has 0 aliphatic rings. The molecule has 25 heavy (non-hydrogen) atoms. The zero-order valence-corrected chi connectivity index (χ0v) is 15.7. The molecule has 6 nitrogen and oxygen atoms in total. The van der Waals surface area contributed by atoms with Crippen LogP contribution in [0.4, 0.5) is 5.82 Å². The van der Waals surface area contributed by atoms with E-state index in [1.165, 1.54) is 0 Å². The number of hydrogen-bond donors (Lipinski definition) is 1. The third-order valence-electron chi connectivity index (χ3n) is 3.49. The van der Waals surface area contributed by atoms with Gasteiger partial charge < -0.3 is 14.8 Å². The minimum absolute atomic E-state index is 0.254. The first-order chi connectivity index (χ1) is 12.0. The van der Waals surface area contributed by atoms with Crippen LogP contribution in [0.5, 0.6) is 0 Å². The zero-order valence-electron chi connectivity index (χ0n) is 14.2. The van der Waals surface area contributed by atoms with Crippen LogP contribution < -0.4 is 5.32 Å². The molecule has 0 unspecified atom stereocenters. The van der Waals surface area contributed by atoms with Gasteiger partial charge in [-0.05, 0) is 25.5 Å². The van der Waals surface area contributed by atoms with Gasteiger partial charge in [0, 0.05) is 12.7 Å². The Balaban J connectivity index is 1.97. The predicted molar refractivity (Wildman–Crippen MR) is 98.3 cm³/mol. The summed E-state index contributed by atoms with van der Waals surface area (Å²) in [7, 11) is 0. The van der Waals surface area contributed by atoms with E-state index in [9.17, 15) is 4.79 Å². The first-order valence-electron chi connectivity index (χ1n) is 7.97. The summed E-state index contributed by atoms with van der Waals surface area (Å²) >= 11 is 12.2. The summed E-state index contributed by atoms with van der Waals surface area (Å²) in [5, 5.41) is 7.98. The van der Waals surface area contributed by atoms with Gasteiger partial charge in [0.1, 0.15) is 11.9 Å². The number of anilines is 1. The Morgan fingerprint density at radius 3 is 2.88 bits per heavy atom. The monoisotopic (exact) mass is 385 g/mol. The summed E-state index contributed by atoms with van der Waals surface area (Å²) in [4.78, 5) is 12.2. The van der Waals surface area contributed by atoms with Crippen molar-refractivity contribution in [2.75, 3.05) is 25.1 Å². The fraction of sp³-hybridized carbons (Fsp3) is 0.412. The van der Waals surface area contributed by atoms with Gasteiger partial charge in [0.25, 0.3) is 5.91 Å². The Kier molecular flexibility index (Phi) is 7.71. The number of aromatic nitrogens is 2. The lowest BCUT2D eigenvalue weighted by Gasteiger charge is -2.15. The molecule has 0 bridgehead atoms. The Morgan fingerprint density at radius 1 is 1.32 bits per heavy atom. The zero-order chi connectivity index (χ0) is 18.2. The normalized spacial score (nSPS) is 12.2. The van der Waals surface area contributed by atoms with Gasteiger partial charge in [0.05, 0.1) is 36.0 Å². The van der Waals surface area contributed by atoms with Crippen molar-refractivity contribution in [1.29, 1.82) is 0 Å². The molecule has 1 amide bonds. The largest absolute Gasteiger partial charge is 0.379 e. The Morgan fingerprint density at radius 2 is 2.12 bits per heavy atom. The van der Waals surface area contributed by atoms with E-state index in [-0.39, 0.29) is 5.91 Å². The second-order valence-electron chi connectivity index (χ2n) is 5.29. The maximum Gasteiger partial charge on any atom is 0.254 e. The number of amides is 1. The molecule has 1 aromatic carbocycles. The highest BCUT2D eigenvalue weighted by atomic mass is 35.5. The molecule has 0 aliphatic carbocycles. The van der Waals surface area contributed by atoms with Gasteiger partial charge in [-0.1, -0.05) is 35.3 Å². The van der Waals surface area contributed by atoms with Gasteiger partial charge >= 0.3 is 0 Å². The number of benzene rings is 1. The van der Waals surface area contributed by atoms with Crippen LogP contribution >= 0.6 is 23.2 Å². The van der Waals surface area contributed by atoms with Crippen molar-refractivity contribution in [2.24, 2.45) is 0 Å². The van der Waals surface area contributed by atoms with Crippen molar-refractivity contribution < 1.29 is 14.3 Å². The smallest absolute Gasteiger partial charge is 0.254 e. The molecule has 8 heteroatoms. The molecule has 0 aliphatic heterocycles. The average molecular weight is 386 g/mol. The third kappa shape index (κ3) is 5.71. The van der Waals surface area contributed by atoms with Gasteiger partial charge in [-0.3, -0.25) is 4.79 Å². The number of nitrogens with zero attached hydrogens (tertiary/aromatic N) is 2. The van der Waals surface area contributed by atoms with Gasteiger partial charge in [0.15, 0.2) is 0 Å². The summed E-state index contributed by atoms with van der Waals surface area (Å²) in [6.07, 6.45) is 1.01. The average Bonchev–Trinajstić information content (AvgIpc) is 3.02. The van der Waals surface area contributed by atoms with Crippen molar-refractivity contribution in [3.8, 4) is 0 Å². The Bertz CT molecular complexity index is 706. The summed E-state index contributed by atoms with van der Waals surface area (Å²) < 4.78 is 12.3. The molecule has 1 N–H and O–H groups in total. The predicted octanol–water partition coefficient (Wildman–Crippen LogP) is 3.62. The van der Waals surface area contributed by atoms with Crippen LogP contribution in [0.15, 0.2) is 30.5 Å². The molecular formula is C17H21Cl2N3O3. The summed E-state index contributed by atoms with van der Waals surface area (Å²) in [6.45, 7) is 5.43. The fourth-order valence-corrected chi connectivity index (χ4v) is 2.51. The SMILES string of the molecule is CCOCCO[C@@H](C)C(=O)Nc1ccnn1Cc1cccc(Cl)c1Cl. The van der Waals surface area contributed by atoms with Crippen LogP contribution in [0.2, 0.25) is 10.0 Å². The van der Waals surface area contributed by atoms with Gasteiger partial charge in [-0.15, -0.1) is 0 Å². The summed E-state index contributed by atoms with van der Waals surface area (Å²) in [5.74, 6) is 0.303. The van der Waals surface area contributed by atoms with Crippen molar-refractivity contribution in [3.63, 3.8) is 0 Å². The molecule has 0 fully saturated rings. The second-order valence-corrected chi connectivity index (χ2v) is 6.07. The maximum absolute atomic E-state index is 12.2. The molecule has 1 heterocycles. The van der Waals surface area contributed by atoms with Crippen molar-refractivity contribution >= 4 is 34.9 Å². The highest BCUT2D eigenvalue weighted by Gasteiger charge is 2.16. The van der Waals surface area contributed by atoms with E-state index in [1.807, 2.05) is 19.1 Å². The molecule has 0 spiro atoms. The first kappa shape index (κ1) is 19.7. The maximum atomic E-state index is 12.2. The topological polar surface area (TPSA) is 65.4 Å². The molecule has 2 rings (SSSR count). The number of ether oxygens (including phenoxy) is 2. The molecule has 0 saturated carbocycles. The van der Waals surface area contributed by atoms with Crippen molar-refractivity contribution in [2.45, 2.75) is 26.5 Å².